The predicted molar refractivity (Wildman–Crippen MR) is 42.4 cm³/mol. The van der Waals surface area contributed by atoms with E-state index >= 15 is 0 Å². The van der Waals surface area contributed by atoms with Gasteiger partial charge < -0.3 is 11.1 Å². The van der Waals surface area contributed by atoms with E-state index in [9.17, 15) is 0 Å². The van der Waals surface area contributed by atoms with Crippen LogP contribution < -0.4 is 11.1 Å². The fraction of sp³-hybridized carbons (Fsp3) is 0.750. The highest BCUT2D eigenvalue weighted by molar-refractivity contribution is 5.01. The van der Waals surface area contributed by atoms with E-state index in [1.165, 1.54) is 6.42 Å². The van der Waals surface area contributed by atoms with Crippen LogP contribution in [0, 0.1) is 17.8 Å². The number of hydrogen-bond acceptors (Lipinski definition) is 2. The Bertz CT molecular complexity index is 137. The molecule has 0 spiro atoms. The van der Waals surface area contributed by atoms with Crippen LogP contribution in [0.5, 0.6) is 0 Å². The van der Waals surface area contributed by atoms with Gasteiger partial charge in [-0.2, -0.15) is 0 Å². The van der Waals surface area contributed by atoms with E-state index in [-0.39, 0.29) is 0 Å². The van der Waals surface area contributed by atoms with Crippen LogP contribution in [-0.4, -0.2) is 19.6 Å². The summed E-state index contributed by atoms with van der Waals surface area (Å²) in [7, 11) is 0. The minimum absolute atomic E-state index is 0.500. The van der Waals surface area contributed by atoms with E-state index in [0.717, 1.165) is 25.4 Å². The lowest BCUT2D eigenvalue weighted by atomic mass is 10.1. The van der Waals surface area contributed by atoms with Gasteiger partial charge in [-0.3, -0.25) is 0 Å². The van der Waals surface area contributed by atoms with Gasteiger partial charge in [0.25, 0.3) is 0 Å². The van der Waals surface area contributed by atoms with Crippen molar-refractivity contribution in [3.05, 3.63) is 0 Å². The Morgan fingerprint density at radius 1 is 1.50 bits per heavy atom. The van der Waals surface area contributed by atoms with Crippen LogP contribution in [0.1, 0.15) is 12.8 Å². The summed E-state index contributed by atoms with van der Waals surface area (Å²) >= 11 is 0. The number of nitrogens with one attached hydrogen (secondary N) is 1. The molecule has 1 heterocycles. The van der Waals surface area contributed by atoms with E-state index in [1.54, 1.807) is 0 Å². The summed E-state index contributed by atoms with van der Waals surface area (Å²) in [6.07, 6.45) is 2.30. The monoisotopic (exact) mass is 138 g/mol. The van der Waals surface area contributed by atoms with Crippen molar-refractivity contribution in [2.45, 2.75) is 12.8 Å². The Morgan fingerprint density at radius 2 is 2.40 bits per heavy atom. The third-order valence-corrected chi connectivity index (χ3v) is 1.78. The molecule has 0 amide bonds. The second kappa shape index (κ2) is 4.32. The topological polar surface area (TPSA) is 38.0 Å². The normalized spacial score (nSPS) is 23.9. The summed E-state index contributed by atoms with van der Waals surface area (Å²) in [4.78, 5) is 0. The number of nitrogens with two attached hydrogens (primary N) is 1. The van der Waals surface area contributed by atoms with Gasteiger partial charge in [-0.15, -0.1) is 5.92 Å². The lowest BCUT2D eigenvalue weighted by Crippen LogP contribution is -2.08. The fourth-order valence-electron chi connectivity index (χ4n) is 1.18. The van der Waals surface area contributed by atoms with Crippen molar-refractivity contribution >= 4 is 0 Å². The van der Waals surface area contributed by atoms with Gasteiger partial charge in [-0.05, 0) is 25.4 Å². The summed E-state index contributed by atoms with van der Waals surface area (Å²) in [5.41, 5.74) is 5.22. The first kappa shape index (κ1) is 7.59. The van der Waals surface area contributed by atoms with Gasteiger partial charge in [0.2, 0.25) is 0 Å². The van der Waals surface area contributed by atoms with E-state index in [2.05, 4.69) is 17.2 Å². The minimum atomic E-state index is 0.500. The van der Waals surface area contributed by atoms with E-state index < -0.39 is 0 Å². The van der Waals surface area contributed by atoms with Crippen LogP contribution in [0.3, 0.4) is 0 Å². The molecule has 1 aliphatic rings. The van der Waals surface area contributed by atoms with Gasteiger partial charge in [0.1, 0.15) is 0 Å². The molecule has 1 fully saturated rings. The third kappa shape index (κ3) is 2.38. The predicted octanol–water partition coefficient (Wildman–Crippen LogP) is -0.0519. The smallest absolute Gasteiger partial charge is 0.0551 e. The van der Waals surface area contributed by atoms with Gasteiger partial charge >= 0.3 is 0 Å². The summed E-state index contributed by atoms with van der Waals surface area (Å²) in [6, 6.07) is 0. The second-order valence-corrected chi connectivity index (χ2v) is 2.62. The Kier molecular flexibility index (Phi) is 3.28. The molecule has 1 rings (SSSR count). The maximum absolute atomic E-state index is 5.22. The molecule has 2 heteroatoms. The number of hydrogen-bond donors (Lipinski definition) is 2. The molecule has 2 nitrogen and oxygen atoms in total. The minimum Gasteiger partial charge on any atom is -0.320 e. The van der Waals surface area contributed by atoms with E-state index in [4.69, 9.17) is 5.73 Å². The maximum atomic E-state index is 5.22. The van der Waals surface area contributed by atoms with Crippen molar-refractivity contribution in [1.82, 2.24) is 5.32 Å². The summed E-state index contributed by atoms with van der Waals surface area (Å²) in [5, 5.41) is 3.30. The largest absolute Gasteiger partial charge is 0.320 e. The molecule has 3 N–H and O–H groups in total. The molecular formula is C8H14N2. The van der Waals surface area contributed by atoms with Crippen LogP contribution in [0.4, 0.5) is 0 Å². The molecule has 0 aliphatic carbocycles. The Morgan fingerprint density at radius 3 is 3.00 bits per heavy atom. The molecule has 0 aromatic rings. The third-order valence-electron chi connectivity index (χ3n) is 1.78. The zero-order chi connectivity index (χ0) is 7.23. The quantitative estimate of drug-likeness (QED) is 0.498. The van der Waals surface area contributed by atoms with Crippen molar-refractivity contribution in [2.75, 3.05) is 19.6 Å². The molecule has 0 aromatic carbocycles. The van der Waals surface area contributed by atoms with Crippen LogP contribution in [0.25, 0.3) is 0 Å². The Labute approximate surface area is 62.2 Å². The molecule has 1 aliphatic heterocycles. The molecule has 10 heavy (non-hydrogen) atoms. The average molecular weight is 138 g/mol. The first-order valence-electron chi connectivity index (χ1n) is 3.80. The van der Waals surface area contributed by atoms with Gasteiger partial charge in [0, 0.05) is 6.42 Å². The van der Waals surface area contributed by atoms with E-state index in [1.807, 2.05) is 0 Å². The van der Waals surface area contributed by atoms with Crippen LogP contribution in [-0.2, 0) is 0 Å². The standard InChI is InChI=1S/C8H14N2/c9-5-2-1-3-8-4-6-10-7-8/h8,10H,3-7,9H2. The summed E-state index contributed by atoms with van der Waals surface area (Å²) < 4.78 is 0. The van der Waals surface area contributed by atoms with E-state index in [0.29, 0.717) is 6.54 Å². The van der Waals surface area contributed by atoms with Crippen LogP contribution >= 0.6 is 0 Å². The van der Waals surface area contributed by atoms with Crippen molar-refractivity contribution in [2.24, 2.45) is 11.7 Å². The SMILES string of the molecule is NCC#CCC1CCNC1. The van der Waals surface area contributed by atoms with Gasteiger partial charge in [0.05, 0.1) is 6.54 Å². The molecule has 1 atom stereocenters. The highest BCUT2D eigenvalue weighted by Crippen LogP contribution is 2.10. The molecule has 56 valence electrons. The molecule has 0 saturated carbocycles. The molecule has 1 unspecified atom stereocenters. The lowest BCUT2D eigenvalue weighted by Gasteiger charge is -1.99. The van der Waals surface area contributed by atoms with Crippen molar-refractivity contribution in [3.63, 3.8) is 0 Å². The molecular weight excluding hydrogens is 124 g/mol. The van der Waals surface area contributed by atoms with Gasteiger partial charge in [0.15, 0.2) is 0 Å². The molecule has 1 saturated heterocycles. The first-order chi connectivity index (χ1) is 4.93. The zero-order valence-corrected chi connectivity index (χ0v) is 6.19. The lowest BCUT2D eigenvalue weighted by molar-refractivity contribution is 0.602. The number of rotatable bonds is 1. The van der Waals surface area contributed by atoms with Gasteiger partial charge in [-0.1, -0.05) is 5.92 Å². The first-order valence-corrected chi connectivity index (χ1v) is 3.80. The van der Waals surface area contributed by atoms with Crippen molar-refractivity contribution in [3.8, 4) is 11.8 Å². The highest BCUT2D eigenvalue weighted by atomic mass is 14.9. The Balaban J connectivity index is 2.12. The summed E-state index contributed by atoms with van der Waals surface area (Å²) in [6.45, 7) is 2.80. The maximum Gasteiger partial charge on any atom is 0.0551 e. The van der Waals surface area contributed by atoms with Crippen LogP contribution in [0.2, 0.25) is 0 Å². The molecule has 0 bridgehead atoms. The van der Waals surface area contributed by atoms with Crippen molar-refractivity contribution in [1.29, 1.82) is 0 Å². The van der Waals surface area contributed by atoms with Crippen molar-refractivity contribution < 1.29 is 0 Å². The Hall–Kier alpha value is -0.520. The molecule has 0 aromatic heterocycles. The zero-order valence-electron chi connectivity index (χ0n) is 6.19. The molecule has 0 radical (unpaired) electrons. The highest BCUT2D eigenvalue weighted by Gasteiger charge is 2.11. The average Bonchev–Trinajstić information content (AvgIpc) is 2.41. The van der Waals surface area contributed by atoms with Crippen LogP contribution in [0.15, 0.2) is 0 Å². The summed E-state index contributed by atoms with van der Waals surface area (Å²) in [5.74, 6) is 6.71. The van der Waals surface area contributed by atoms with Gasteiger partial charge in [-0.25, -0.2) is 0 Å². The second-order valence-electron chi connectivity index (χ2n) is 2.62. The fourth-order valence-corrected chi connectivity index (χ4v) is 1.18.